The van der Waals surface area contributed by atoms with Crippen molar-refractivity contribution in [2.75, 3.05) is 20.8 Å². The third-order valence-corrected chi connectivity index (χ3v) is 4.99. The molecule has 3 nitrogen and oxygen atoms in total. The fraction of sp³-hybridized carbons (Fsp3) is 0.647. The lowest BCUT2D eigenvalue weighted by Crippen LogP contribution is -2.34. The van der Waals surface area contributed by atoms with Crippen LogP contribution in [0.4, 0.5) is 0 Å². The summed E-state index contributed by atoms with van der Waals surface area (Å²) >= 11 is 6.53. The zero-order valence-electron chi connectivity index (χ0n) is 13.5. The number of ether oxygens (including phenoxy) is 2. The maximum Gasteiger partial charge on any atom is 0.162 e. The Kier molecular flexibility index (Phi) is 5.39. The van der Waals surface area contributed by atoms with Crippen LogP contribution in [0.15, 0.2) is 12.1 Å². The minimum atomic E-state index is 0.248. The van der Waals surface area contributed by atoms with Crippen molar-refractivity contribution < 1.29 is 9.47 Å². The number of benzene rings is 1. The Bertz CT molecular complexity index is 484. The molecule has 118 valence electrons. The quantitative estimate of drug-likeness (QED) is 0.833. The molecular formula is C17H26ClNO2. The smallest absolute Gasteiger partial charge is 0.162 e. The second-order valence-electron chi connectivity index (χ2n) is 6.08. The molecule has 1 aromatic carbocycles. The van der Waals surface area contributed by atoms with Crippen LogP contribution in [0.3, 0.4) is 0 Å². The molecule has 0 radical (unpaired) electrons. The minimum absolute atomic E-state index is 0.248. The van der Waals surface area contributed by atoms with E-state index >= 15 is 0 Å². The lowest BCUT2D eigenvalue weighted by atomic mass is 9.77. The highest BCUT2D eigenvalue weighted by atomic mass is 35.5. The van der Waals surface area contributed by atoms with Gasteiger partial charge in [-0.1, -0.05) is 38.3 Å². The third-order valence-electron chi connectivity index (χ3n) is 4.66. The van der Waals surface area contributed by atoms with Crippen molar-refractivity contribution >= 4 is 11.6 Å². The first kappa shape index (κ1) is 16.4. The van der Waals surface area contributed by atoms with E-state index in [0.29, 0.717) is 5.75 Å². The fourth-order valence-corrected chi connectivity index (χ4v) is 3.76. The molecule has 0 spiro atoms. The highest BCUT2D eigenvalue weighted by Crippen LogP contribution is 2.49. The van der Waals surface area contributed by atoms with Gasteiger partial charge in [0, 0.05) is 17.1 Å². The van der Waals surface area contributed by atoms with E-state index in [9.17, 15) is 0 Å². The van der Waals surface area contributed by atoms with Gasteiger partial charge in [0.25, 0.3) is 0 Å². The monoisotopic (exact) mass is 311 g/mol. The Hall–Kier alpha value is -0.930. The van der Waals surface area contributed by atoms with Gasteiger partial charge in [0.05, 0.1) is 14.2 Å². The zero-order chi connectivity index (χ0) is 15.5. The molecule has 1 N–H and O–H groups in total. The van der Waals surface area contributed by atoms with Crippen LogP contribution in [0.2, 0.25) is 5.02 Å². The van der Waals surface area contributed by atoms with Crippen molar-refractivity contribution in [3.05, 3.63) is 22.7 Å². The van der Waals surface area contributed by atoms with E-state index in [2.05, 4.69) is 19.2 Å². The van der Waals surface area contributed by atoms with E-state index in [-0.39, 0.29) is 11.5 Å². The Morgan fingerprint density at radius 3 is 2.29 bits per heavy atom. The van der Waals surface area contributed by atoms with Crippen molar-refractivity contribution in [1.82, 2.24) is 5.32 Å². The van der Waals surface area contributed by atoms with Gasteiger partial charge in [-0.05, 0) is 36.4 Å². The molecule has 1 fully saturated rings. The van der Waals surface area contributed by atoms with Gasteiger partial charge >= 0.3 is 0 Å². The number of hydrogen-bond donors (Lipinski definition) is 1. The number of methoxy groups -OCH3 is 2. The molecule has 0 amide bonds. The van der Waals surface area contributed by atoms with Crippen molar-refractivity contribution in [3.63, 3.8) is 0 Å². The summed E-state index contributed by atoms with van der Waals surface area (Å²) in [5, 5.41) is 4.37. The van der Waals surface area contributed by atoms with Gasteiger partial charge in [0.2, 0.25) is 0 Å². The maximum atomic E-state index is 6.53. The molecular weight excluding hydrogens is 286 g/mol. The topological polar surface area (TPSA) is 30.5 Å². The highest BCUT2D eigenvalue weighted by molar-refractivity contribution is 6.31. The first-order chi connectivity index (χ1) is 10.1. The first-order valence-electron chi connectivity index (χ1n) is 7.70. The SMILES string of the molecule is CCNC(c1cc(OC)c(OC)cc1Cl)C1(C)CCCC1. The summed E-state index contributed by atoms with van der Waals surface area (Å²) < 4.78 is 10.8. The molecule has 21 heavy (non-hydrogen) atoms. The normalized spacial score (nSPS) is 18.5. The van der Waals surface area contributed by atoms with Crippen LogP contribution in [-0.2, 0) is 0 Å². The average molecular weight is 312 g/mol. The summed E-state index contributed by atoms with van der Waals surface area (Å²) in [7, 11) is 3.29. The molecule has 1 aromatic rings. The number of nitrogens with one attached hydrogen (secondary N) is 1. The Labute approximate surface area is 133 Å². The molecule has 1 saturated carbocycles. The van der Waals surface area contributed by atoms with E-state index in [1.807, 2.05) is 12.1 Å². The van der Waals surface area contributed by atoms with Gasteiger partial charge in [0.15, 0.2) is 11.5 Å². The Morgan fingerprint density at radius 2 is 1.76 bits per heavy atom. The molecule has 0 saturated heterocycles. The lowest BCUT2D eigenvalue weighted by molar-refractivity contribution is 0.225. The van der Waals surface area contributed by atoms with E-state index in [4.69, 9.17) is 21.1 Å². The van der Waals surface area contributed by atoms with Gasteiger partial charge in [-0.3, -0.25) is 0 Å². The Morgan fingerprint density at radius 1 is 1.19 bits per heavy atom. The van der Waals surface area contributed by atoms with Crippen LogP contribution in [0.25, 0.3) is 0 Å². The van der Waals surface area contributed by atoms with E-state index in [0.717, 1.165) is 22.9 Å². The highest BCUT2D eigenvalue weighted by Gasteiger charge is 2.38. The van der Waals surface area contributed by atoms with Crippen LogP contribution in [0.5, 0.6) is 11.5 Å². The summed E-state index contributed by atoms with van der Waals surface area (Å²) in [6.07, 6.45) is 5.05. The summed E-state index contributed by atoms with van der Waals surface area (Å²) in [5.41, 5.74) is 1.36. The van der Waals surface area contributed by atoms with Gasteiger partial charge in [0.1, 0.15) is 0 Å². The van der Waals surface area contributed by atoms with Crippen LogP contribution >= 0.6 is 11.6 Å². The average Bonchev–Trinajstić information content (AvgIpc) is 2.92. The molecule has 2 rings (SSSR count). The van der Waals surface area contributed by atoms with Crippen molar-refractivity contribution in [2.24, 2.45) is 5.41 Å². The molecule has 1 atom stereocenters. The molecule has 1 aliphatic rings. The van der Waals surface area contributed by atoms with Crippen LogP contribution < -0.4 is 14.8 Å². The zero-order valence-corrected chi connectivity index (χ0v) is 14.2. The first-order valence-corrected chi connectivity index (χ1v) is 8.08. The molecule has 1 aliphatic carbocycles. The molecule has 0 aromatic heterocycles. The number of hydrogen-bond acceptors (Lipinski definition) is 3. The maximum absolute atomic E-state index is 6.53. The van der Waals surface area contributed by atoms with Gasteiger partial charge in [-0.15, -0.1) is 0 Å². The van der Waals surface area contributed by atoms with Crippen LogP contribution in [0, 0.1) is 5.41 Å². The van der Waals surface area contributed by atoms with Crippen molar-refractivity contribution in [3.8, 4) is 11.5 Å². The largest absolute Gasteiger partial charge is 0.493 e. The second kappa shape index (κ2) is 6.89. The summed E-state index contributed by atoms with van der Waals surface area (Å²) in [6.45, 7) is 5.42. The van der Waals surface area contributed by atoms with Gasteiger partial charge < -0.3 is 14.8 Å². The molecule has 1 unspecified atom stereocenters. The van der Waals surface area contributed by atoms with Gasteiger partial charge in [-0.25, -0.2) is 0 Å². The van der Waals surface area contributed by atoms with E-state index in [1.165, 1.54) is 25.7 Å². The van der Waals surface area contributed by atoms with E-state index in [1.54, 1.807) is 14.2 Å². The summed E-state index contributed by atoms with van der Waals surface area (Å²) in [4.78, 5) is 0. The fourth-order valence-electron chi connectivity index (χ4n) is 3.50. The predicted molar refractivity (Wildman–Crippen MR) is 87.5 cm³/mol. The third kappa shape index (κ3) is 3.29. The minimum Gasteiger partial charge on any atom is -0.493 e. The number of halogens is 1. The standard InChI is InChI=1S/C17H26ClNO2/c1-5-19-16(17(2)8-6-7-9-17)12-10-14(20-3)15(21-4)11-13(12)18/h10-11,16,19H,5-9H2,1-4H3. The lowest BCUT2D eigenvalue weighted by Gasteiger charge is -2.36. The molecule has 4 heteroatoms. The summed E-state index contributed by atoms with van der Waals surface area (Å²) in [5.74, 6) is 1.42. The van der Waals surface area contributed by atoms with Crippen molar-refractivity contribution in [2.45, 2.75) is 45.6 Å². The predicted octanol–water partition coefficient (Wildman–Crippen LogP) is 4.59. The molecule has 0 bridgehead atoms. The summed E-state index contributed by atoms with van der Waals surface area (Å²) in [6, 6.07) is 4.13. The van der Waals surface area contributed by atoms with Gasteiger partial charge in [-0.2, -0.15) is 0 Å². The van der Waals surface area contributed by atoms with Crippen molar-refractivity contribution in [1.29, 1.82) is 0 Å². The second-order valence-corrected chi connectivity index (χ2v) is 6.49. The molecule has 0 heterocycles. The number of rotatable bonds is 6. The van der Waals surface area contributed by atoms with E-state index < -0.39 is 0 Å². The molecule has 0 aliphatic heterocycles. The van der Waals surface area contributed by atoms with Crippen LogP contribution in [0.1, 0.15) is 51.1 Å². The Balaban J connectivity index is 2.44. The van der Waals surface area contributed by atoms with Crippen LogP contribution in [-0.4, -0.2) is 20.8 Å².